The number of sulfone groups is 1. The lowest BCUT2D eigenvalue weighted by Crippen LogP contribution is -2.28. The highest BCUT2D eigenvalue weighted by molar-refractivity contribution is 7.90. The van der Waals surface area contributed by atoms with Crippen LogP contribution < -0.4 is 5.73 Å². The van der Waals surface area contributed by atoms with Crippen LogP contribution in [0.15, 0.2) is 27.5 Å². The second kappa shape index (κ2) is 4.07. The monoisotopic (exact) mass is 268 g/mol. The summed E-state index contributed by atoms with van der Waals surface area (Å²) in [5.74, 6) is 0.519. The van der Waals surface area contributed by atoms with Crippen LogP contribution in [-0.4, -0.2) is 26.2 Å². The summed E-state index contributed by atoms with van der Waals surface area (Å²) in [5.41, 5.74) is 6.40. The summed E-state index contributed by atoms with van der Waals surface area (Å²) in [6.45, 7) is 4.25. The van der Waals surface area contributed by atoms with Crippen molar-refractivity contribution in [1.29, 1.82) is 0 Å². The summed E-state index contributed by atoms with van der Waals surface area (Å²) in [6, 6.07) is 4.65. The zero-order chi connectivity index (χ0) is 13.6. The minimum absolute atomic E-state index is 0.236. The maximum absolute atomic E-state index is 11.5. The topological polar surface area (TPSA) is 86.2 Å². The number of oxazole rings is 1. The van der Waals surface area contributed by atoms with Crippen LogP contribution in [0.1, 0.15) is 19.7 Å². The maximum Gasteiger partial charge on any atom is 0.202 e. The summed E-state index contributed by atoms with van der Waals surface area (Å²) >= 11 is 0. The Kier molecular flexibility index (Phi) is 2.95. The summed E-state index contributed by atoms with van der Waals surface area (Å²) < 4.78 is 28.5. The number of benzene rings is 1. The smallest absolute Gasteiger partial charge is 0.202 e. The van der Waals surface area contributed by atoms with Gasteiger partial charge in [0, 0.05) is 12.8 Å². The molecule has 1 aromatic carbocycles. The Morgan fingerprint density at radius 2 is 2.06 bits per heavy atom. The first kappa shape index (κ1) is 13.0. The number of aromatic nitrogens is 1. The van der Waals surface area contributed by atoms with Crippen LogP contribution in [0.25, 0.3) is 11.1 Å². The van der Waals surface area contributed by atoms with Crippen molar-refractivity contribution in [3.05, 3.63) is 24.1 Å². The van der Waals surface area contributed by atoms with Gasteiger partial charge in [-0.3, -0.25) is 0 Å². The average Bonchev–Trinajstić information content (AvgIpc) is 2.71. The van der Waals surface area contributed by atoms with Crippen molar-refractivity contribution in [2.75, 3.05) is 12.8 Å². The molecule has 0 atom stereocenters. The molecule has 0 spiro atoms. The average molecular weight is 268 g/mol. The molecule has 0 aliphatic rings. The van der Waals surface area contributed by atoms with Crippen LogP contribution in [0.4, 0.5) is 0 Å². The van der Waals surface area contributed by atoms with E-state index in [9.17, 15) is 8.42 Å². The largest absolute Gasteiger partial charge is 0.440 e. The molecular weight excluding hydrogens is 252 g/mol. The number of hydrogen-bond donors (Lipinski definition) is 1. The van der Waals surface area contributed by atoms with E-state index in [0.717, 1.165) is 0 Å². The highest BCUT2D eigenvalue weighted by Crippen LogP contribution is 2.26. The van der Waals surface area contributed by atoms with Crippen molar-refractivity contribution < 1.29 is 12.8 Å². The fourth-order valence-electron chi connectivity index (χ4n) is 1.51. The number of rotatable bonds is 3. The molecule has 0 aliphatic carbocycles. The van der Waals surface area contributed by atoms with Gasteiger partial charge < -0.3 is 10.2 Å². The lowest BCUT2D eigenvalue weighted by atomic mass is 9.94. The summed E-state index contributed by atoms with van der Waals surface area (Å²) in [7, 11) is -3.23. The van der Waals surface area contributed by atoms with Gasteiger partial charge in [-0.05, 0) is 32.0 Å². The summed E-state index contributed by atoms with van der Waals surface area (Å²) in [4.78, 5) is 4.55. The molecule has 0 bridgehead atoms. The minimum atomic E-state index is -3.23. The third-order valence-corrected chi connectivity index (χ3v) is 3.99. The van der Waals surface area contributed by atoms with Crippen LogP contribution in [0.3, 0.4) is 0 Å². The summed E-state index contributed by atoms with van der Waals surface area (Å²) in [5, 5.41) is 0. The third kappa shape index (κ3) is 2.26. The molecule has 2 N–H and O–H groups in total. The Bertz CT molecular complexity index is 686. The first-order chi connectivity index (χ1) is 8.24. The standard InChI is InChI=1S/C12H16N2O3S/c1-12(2,7-13)11-14-9-6-8(18(3,15)16)4-5-10(9)17-11/h4-6H,7,13H2,1-3H3. The second-order valence-corrected chi connectivity index (χ2v) is 7.02. The van der Waals surface area contributed by atoms with Crippen LogP contribution in [0.5, 0.6) is 0 Å². The second-order valence-electron chi connectivity index (χ2n) is 5.01. The van der Waals surface area contributed by atoms with Gasteiger partial charge in [0.2, 0.25) is 5.89 Å². The van der Waals surface area contributed by atoms with Gasteiger partial charge >= 0.3 is 0 Å². The molecule has 0 saturated carbocycles. The van der Waals surface area contributed by atoms with E-state index in [1.54, 1.807) is 6.07 Å². The molecule has 5 nitrogen and oxygen atoms in total. The Morgan fingerprint density at radius 3 is 2.61 bits per heavy atom. The normalized spacial score (nSPS) is 13.1. The van der Waals surface area contributed by atoms with Gasteiger partial charge in [-0.2, -0.15) is 0 Å². The zero-order valence-corrected chi connectivity index (χ0v) is 11.4. The number of hydrogen-bond acceptors (Lipinski definition) is 5. The molecule has 1 heterocycles. The van der Waals surface area contributed by atoms with Crippen LogP contribution in [0.2, 0.25) is 0 Å². The molecule has 2 aromatic rings. The quantitative estimate of drug-likeness (QED) is 0.910. The predicted octanol–water partition coefficient (Wildman–Crippen LogP) is 1.47. The van der Waals surface area contributed by atoms with E-state index in [-0.39, 0.29) is 10.3 Å². The van der Waals surface area contributed by atoms with E-state index < -0.39 is 9.84 Å². The van der Waals surface area contributed by atoms with E-state index in [2.05, 4.69) is 4.98 Å². The van der Waals surface area contributed by atoms with Crippen molar-refractivity contribution in [1.82, 2.24) is 4.98 Å². The third-order valence-electron chi connectivity index (χ3n) is 2.88. The van der Waals surface area contributed by atoms with E-state index in [1.807, 2.05) is 13.8 Å². The van der Waals surface area contributed by atoms with Crippen molar-refractivity contribution in [2.45, 2.75) is 24.2 Å². The first-order valence-corrected chi connectivity index (χ1v) is 7.44. The van der Waals surface area contributed by atoms with Gasteiger partial charge in [0.15, 0.2) is 15.4 Å². The number of fused-ring (bicyclic) bond motifs is 1. The molecule has 0 amide bonds. The Balaban J connectivity index is 2.60. The molecule has 2 rings (SSSR count). The Hall–Kier alpha value is -1.40. The molecule has 1 aromatic heterocycles. The van der Waals surface area contributed by atoms with Crippen LogP contribution in [0, 0.1) is 0 Å². The fraction of sp³-hybridized carbons (Fsp3) is 0.417. The van der Waals surface area contributed by atoms with Crippen molar-refractivity contribution >= 4 is 20.9 Å². The van der Waals surface area contributed by atoms with Gasteiger partial charge in [0.25, 0.3) is 0 Å². The van der Waals surface area contributed by atoms with Crippen molar-refractivity contribution in [3.8, 4) is 0 Å². The number of nitrogens with two attached hydrogens (primary N) is 1. The van der Waals surface area contributed by atoms with Gasteiger partial charge in [-0.15, -0.1) is 0 Å². The SMILES string of the molecule is CC(C)(CN)c1nc2cc(S(C)(=O)=O)ccc2o1. The Morgan fingerprint density at radius 1 is 1.39 bits per heavy atom. The molecule has 0 radical (unpaired) electrons. The maximum atomic E-state index is 11.5. The lowest BCUT2D eigenvalue weighted by molar-refractivity contribution is 0.391. The molecule has 6 heteroatoms. The zero-order valence-electron chi connectivity index (χ0n) is 10.6. The molecule has 0 aliphatic heterocycles. The molecule has 18 heavy (non-hydrogen) atoms. The highest BCUT2D eigenvalue weighted by atomic mass is 32.2. The van der Waals surface area contributed by atoms with Gasteiger partial charge in [-0.25, -0.2) is 13.4 Å². The molecular formula is C12H16N2O3S. The van der Waals surface area contributed by atoms with E-state index in [4.69, 9.17) is 10.2 Å². The molecule has 0 saturated heterocycles. The fourth-order valence-corrected chi connectivity index (χ4v) is 2.16. The predicted molar refractivity (Wildman–Crippen MR) is 69.2 cm³/mol. The van der Waals surface area contributed by atoms with E-state index >= 15 is 0 Å². The van der Waals surface area contributed by atoms with E-state index in [0.29, 0.717) is 23.5 Å². The van der Waals surface area contributed by atoms with Gasteiger partial charge in [0.05, 0.1) is 10.3 Å². The Labute approximate surface area is 106 Å². The first-order valence-electron chi connectivity index (χ1n) is 5.55. The minimum Gasteiger partial charge on any atom is -0.440 e. The van der Waals surface area contributed by atoms with Gasteiger partial charge in [-0.1, -0.05) is 0 Å². The number of nitrogens with zero attached hydrogens (tertiary/aromatic N) is 1. The van der Waals surface area contributed by atoms with Crippen LogP contribution >= 0.6 is 0 Å². The summed E-state index contributed by atoms with van der Waals surface area (Å²) in [6.07, 6.45) is 1.17. The van der Waals surface area contributed by atoms with Gasteiger partial charge in [0.1, 0.15) is 5.52 Å². The van der Waals surface area contributed by atoms with Crippen LogP contribution in [-0.2, 0) is 15.3 Å². The van der Waals surface area contributed by atoms with Crippen molar-refractivity contribution in [2.24, 2.45) is 5.73 Å². The molecule has 98 valence electrons. The van der Waals surface area contributed by atoms with Crippen molar-refractivity contribution in [3.63, 3.8) is 0 Å². The van der Waals surface area contributed by atoms with E-state index in [1.165, 1.54) is 18.4 Å². The lowest BCUT2D eigenvalue weighted by Gasteiger charge is -2.16. The molecule has 0 fully saturated rings. The molecule has 0 unspecified atom stereocenters. The highest BCUT2D eigenvalue weighted by Gasteiger charge is 2.25.